The van der Waals surface area contributed by atoms with Crippen molar-refractivity contribution in [3.05, 3.63) is 83.3 Å². The van der Waals surface area contributed by atoms with E-state index in [0.29, 0.717) is 17.1 Å². The maximum atomic E-state index is 12.0. The zero-order valence-electron chi connectivity index (χ0n) is 13.6. The normalized spacial score (nSPS) is 10.9. The van der Waals surface area contributed by atoms with Crippen LogP contribution < -0.4 is 5.43 Å². The van der Waals surface area contributed by atoms with Gasteiger partial charge in [-0.15, -0.1) is 0 Å². The zero-order valence-corrected chi connectivity index (χ0v) is 13.6. The van der Waals surface area contributed by atoms with E-state index in [0.717, 1.165) is 11.1 Å². The summed E-state index contributed by atoms with van der Waals surface area (Å²) >= 11 is 0. The number of hydrogen-bond acceptors (Lipinski definition) is 3. The van der Waals surface area contributed by atoms with E-state index in [1.54, 1.807) is 26.1 Å². The summed E-state index contributed by atoms with van der Waals surface area (Å²) in [5.41, 5.74) is 6.24. The third kappa shape index (κ3) is 3.60. The number of benzene rings is 2. The zero-order chi connectivity index (χ0) is 16.9. The third-order valence-electron chi connectivity index (χ3n) is 3.68. The Hall–Kier alpha value is -3.14. The van der Waals surface area contributed by atoms with E-state index in [1.165, 1.54) is 5.56 Å². The lowest BCUT2D eigenvalue weighted by molar-refractivity contribution is 0.0953. The van der Waals surface area contributed by atoms with E-state index < -0.39 is 0 Å². The minimum Gasteiger partial charge on any atom is -0.466 e. The van der Waals surface area contributed by atoms with Crippen LogP contribution in [0.2, 0.25) is 0 Å². The molecule has 1 heterocycles. The first-order valence-corrected chi connectivity index (χ1v) is 7.69. The highest BCUT2D eigenvalue weighted by Gasteiger charge is 2.12. The molecular weight excluding hydrogens is 300 g/mol. The fourth-order valence-electron chi connectivity index (χ4n) is 2.47. The van der Waals surface area contributed by atoms with Crippen molar-refractivity contribution in [1.82, 2.24) is 5.43 Å². The lowest BCUT2D eigenvalue weighted by atomic mass is 10.0. The number of nitrogens with zero attached hydrogens (tertiary/aromatic N) is 1. The lowest BCUT2D eigenvalue weighted by Crippen LogP contribution is -2.17. The predicted octanol–water partition coefficient (Wildman–Crippen LogP) is 4.33. The Labute approximate surface area is 140 Å². The number of rotatable bonds is 4. The molecule has 0 unspecified atom stereocenters. The highest BCUT2D eigenvalue weighted by Crippen LogP contribution is 2.18. The van der Waals surface area contributed by atoms with Gasteiger partial charge in [0.15, 0.2) is 0 Å². The van der Waals surface area contributed by atoms with E-state index in [4.69, 9.17) is 4.42 Å². The monoisotopic (exact) mass is 318 g/mol. The number of carbonyl (C=O) groups is 1. The minimum absolute atomic E-state index is 0.276. The van der Waals surface area contributed by atoms with Crippen molar-refractivity contribution >= 4 is 12.1 Å². The van der Waals surface area contributed by atoms with Crippen LogP contribution in [0.25, 0.3) is 11.1 Å². The van der Waals surface area contributed by atoms with Crippen LogP contribution in [-0.4, -0.2) is 12.1 Å². The molecule has 0 atom stereocenters. The molecule has 0 saturated heterocycles. The Balaban J connectivity index is 1.65. The summed E-state index contributed by atoms with van der Waals surface area (Å²) in [6.07, 6.45) is 1.62. The minimum atomic E-state index is -0.276. The summed E-state index contributed by atoms with van der Waals surface area (Å²) in [5.74, 6) is 1.02. The molecule has 0 fully saturated rings. The van der Waals surface area contributed by atoms with Gasteiger partial charge in [-0.05, 0) is 36.6 Å². The molecule has 1 aromatic heterocycles. The van der Waals surface area contributed by atoms with Crippen LogP contribution in [0.1, 0.15) is 27.4 Å². The molecule has 0 aliphatic carbocycles. The number of carbonyl (C=O) groups excluding carboxylic acids is 1. The molecule has 1 N–H and O–H groups in total. The van der Waals surface area contributed by atoms with E-state index in [-0.39, 0.29) is 5.91 Å². The number of nitrogens with one attached hydrogen (secondary N) is 1. The first kappa shape index (κ1) is 15.7. The number of amides is 1. The van der Waals surface area contributed by atoms with Crippen molar-refractivity contribution in [1.29, 1.82) is 0 Å². The van der Waals surface area contributed by atoms with Crippen LogP contribution in [0.4, 0.5) is 0 Å². The van der Waals surface area contributed by atoms with Gasteiger partial charge in [0.25, 0.3) is 5.91 Å². The number of hydrazone groups is 1. The SMILES string of the molecule is Cc1cc(C(=O)NN=Cc2ccc(-c3ccccc3)cc2)c(C)o1. The van der Waals surface area contributed by atoms with Crippen LogP contribution in [0.5, 0.6) is 0 Å². The first-order chi connectivity index (χ1) is 11.6. The molecule has 3 aromatic rings. The van der Waals surface area contributed by atoms with Crippen molar-refractivity contribution in [2.45, 2.75) is 13.8 Å². The van der Waals surface area contributed by atoms with Crippen molar-refractivity contribution in [3.63, 3.8) is 0 Å². The van der Waals surface area contributed by atoms with Crippen molar-refractivity contribution in [3.8, 4) is 11.1 Å². The van der Waals surface area contributed by atoms with Gasteiger partial charge in [0.05, 0.1) is 11.8 Å². The van der Waals surface area contributed by atoms with Gasteiger partial charge in [-0.2, -0.15) is 5.10 Å². The Morgan fingerprint density at radius 1 is 1.00 bits per heavy atom. The Bertz CT molecular complexity index is 862. The second-order valence-electron chi connectivity index (χ2n) is 5.51. The van der Waals surface area contributed by atoms with Crippen LogP contribution in [-0.2, 0) is 0 Å². The average molecular weight is 318 g/mol. The molecule has 3 rings (SSSR count). The summed E-state index contributed by atoms with van der Waals surface area (Å²) in [6, 6.07) is 19.8. The molecule has 24 heavy (non-hydrogen) atoms. The number of furan rings is 1. The van der Waals surface area contributed by atoms with Crippen LogP contribution in [0.3, 0.4) is 0 Å². The van der Waals surface area contributed by atoms with Crippen LogP contribution in [0, 0.1) is 13.8 Å². The smallest absolute Gasteiger partial charge is 0.274 e. The number of aryl methyl sites for hydroxylation is 2. The van der Waals surface area contributed by atoms with Gasteiger partial charge in [-0.25, -0.2) is 5.43 Å². The van der Waals surface area contributed by atoms with Gasteiger partial charge < -0.3 is 4.42 Å². The van der Waals surface area contributed by atoms with Crippen molar-refractivity contribution < 1.29 is 9.21 Å². The average Bonchev–Trinajstić information content (AvgIpc) is 2.95. The molecule has 2 aromatic carbocycles. The molecule has 0 bridgehead atoms. The fraction of sp³-hybridized carbons (Fsp3) is 0.100. The van der Waals surface area contributed by atoms with Gasteiger partial charge in [-0.3, -0.25) is 4.79 Å². The fourth-order valence-corrected chi connectivity index (χ4v) is 2.47. The van der Waals surface area contributed by atoms with E-state index in [1.807, 2.05) is 42.5 Å². The maximum absolute atomic E-state index is 12.0. The second-order valence-corrected chi connectivity index (χ2v) is 5.51. The molecule has 4 heteroatoms. The van der Waals surface area contributed by atoms with E-state index in [2.05, 4.69) is 22.7 Å². The molecular formula is C20H18N2O2. The van der Waals surface area contributed by atoms with Crippen LogP contribution >= 0.6 is 0 Å². The summed E-state index contributed by atoms with van der Waals surface area (Å²) in [5, 5.41) is 4.00. The summed E-state index contributed by atoms with van der Waals surface area (Å²) < 4.78 is 5.34. The maximum Gasteiger partial charge on any atom is 0.274 e. The molecule has 1 amide bonds. The summed E-state index contributed by atoms with van der Waals surface area (Å²) in [4.78, 5) is 12.0. The van der Waals surface area contributed by atoms with Gasteiger partial charge in [0, 0.05) is 0 Å². The predicted molar refractivity (Wildman–Crippen MR) is 95.1 cm³/mol. The second kappa shape index (κ2) is 6.96. The topological polar surface area (TPSA) is 54.6 Å². The van der Waals surface area contributed by atoms with Gasteiger partial charge in [0.1, 0.15) is 11.5 Å². The van der Waals surface area contributed by atoms with Gasteiger partial charge >= 0.3 is 0 Å². The Morgan fingerprint density at radius 2 is 1.67 bits per heavy atom. The standard InChI is InChI=1S/C20H18N2O2/c1-14-12-19(15(2)24-14)20(23)22-21-13-16-8-10-18(11-9-16)17-6-4-3-5-7-17/h3-13H,1-2H3,(H,22,23). The van der Waals surface area contributed by atoms with Gasteiger partial charge in [-0.1, -0.05) is 54.6 Å². The third-order valence-corrected chi connectivity index (χ3v) is 3.68. The molecule has 4 nitrogen and oxygen atoms in total. The highest BCUT2D eigenvalue weighted by atomic mass is 16.3. The summed E-state index contributed by atoms with van der Waals surface area (Å²) in [7, 11) is 0. The molecule has 0 spiro atoms. The first-order valence-electron chi connectivity index (χ1n) is 7.69. The Morgan fingerprint density at radius 3 is 2.29 bits per heavy atom. The quantitative estimate of drug-likeness (QED) is 0.575. The molecule has 120 valence electrons. The van der Waals surface area contributed by atoms with E-state index >= 15 is 0 Å². The van der Waals surface area contributed by atoms with E-state index in [9.17, 15) is 4.79 Å². The highest BCUT2D eigenvalue weighted by molar-refractivity contribution is 5.95. The molecule has 0 aliphatic rings. The summed E-state index contributed by atoms with van der Waals surface area (Å²) in [6.45, 7) is 3.56. The van der Waals surface area contributed by atoms with Crippen LogP contribution in [0.15, 0.2) is 70.2 Å². The largest absolute Gasteiger partial charge is 0.466 e. The van der Waals surface area contributed by atoms with Crippen molar-refractivity contribution in [2.24, 2.45) is 5.10 Å². The number of hydrogen-bond donors (Lipinski definition) is 1. The molecule has 0 radical (unpaired) electrons. The molecule has 0 saturated carbocycles. The Kier molecular flexibility index (Phi) is 4.57. The lowest BCUT2D eigenvalue weighted by Gasteiger charge is -2.02. The van der Waals surface area contributed by atoms with Crippen molar-refractivity contribution in [2.75, 3.05) is 0 Å². The molecule has 0 aliphatic heterocycles. The van der Waals surface area contributed by atoms with Gasteiger partial charge in [0.2, 0.25) is 0 Å².